The minimum Gasteiger partial charge on any atom is -0.494 e. The van der Waals surface area contributed by atoms with Crippen LogP contribution in [-0.4, -0.2) is 57.6 Å². The van der Waals surface area contributed by atoms with Crippen molar-refractivity contribution in [3.05, 3.63) is 24.4 Å². The van der Waals surface area contributed by atoms with Gasteiger partial charge in [-0.15, -0.1) is 0 Å². The molecule has 0 saturated carbocycles. The number of carbonyl (C=O) groups excluding carboxylic acids is 2. The molecule has 1 fully saturated rings. The first-order chi connectivity index (χ1) is 12.6. The summed E-state index contributed by atoms with van der Waals surface area (Å²) in [6.07, 6.45) is -1.27. The Morgan fingerprint density at radius 3 is 2.74 bits per heavy atom. The van der Waals surface area contributed by atoms with Gasteiger partial charge in [0, 0.05) is 36.2 Å². The summed E-state index contributed by atoms with van der Waals surface area (Å²) in [4.78, 5) is 26.4. The van der Waals surface area contributed by atoms with Gasteiger partial charge in [-0.05, 0) is 32.9 Å². The van der Waals surface area contributed by atoms with Crippen LogP contribution in [0.15, 0.2) is 24.4 Å². The summed E-state index contributed by atoms with van der Waals surface area (Å²) in [6.45, 7) is 5.46. The molecule has 0 spiro atoms. The lowest BCUT2D eigenvalue weighted by Gasteiger charge is -2.34. The third-order valence-corrected chi connectivity index (χ3v) is 4.31. The fourth-order valence-corrected chi connectivity index (χ4v) is 3.05. The van der Waals surface area contributed by atoms with Crippen LogP contribution in [0.1, 0.15) is 20.8 Å². The van der Waals surface area contributed by atoms with Crippen LogP contribution < -0.4 is 4.90 Å². The summed E-state index contributed by atoms with van der Waals surface area (Å²) in [5.74, 6) is -1.34. The van der Waals surface area contributed by atoms with Crippen molar-refractivity contribution in [3.8, 4) is 5.88 Å². The lowest BCUT2D eigenvalue weighted by molar-refractivity contribution is -0.177. The molecule has 0 bridgehead atoms. The maximum Gasteiger partial charge on any atom is 0.338 e. The zero-order valence-corrected chi connectivity index (χ0v) is 15.8. The largest absolute Gasteiger partial charge is 0.494 e. The predicted molar refractivity (Wildman–Crippen MR) is 98.5 cm³/mol. The van der Waals surface area contributed by atoms with E-state index in [0.717, 1.165) is 5.39 Å². The Morgan fingerprint density at radius 2 is 2.07 bits per heavy atom. The monoisotopic (exact) mass is 376 g/mol. The Balaban J connectivity index is 1.84. The molecule has 1 aromatic heterocycles. The van der Waals surface area contributed by atoms with E-state index in [2.05, 4.69) is 0 Å². The second-order valence-corrected chi connectivity index (χ2v) is 7.59. The Labute approximate surface area is 156 Å². The summed E-state index contributed by atoms with van der Waals surface area (Å²) >= 11 is 0. The normalized spacial score (nSPS) is 19.4. The Morgan fingerprint density at radius 1 is 1.37 bits per heavy atom. The molecule has 2 atom stereocenters. The molecule has 1 aliphatic rings. The van der Waals surface area contributed by atoms with E-state index >= 15 is 0 Å². The van der Waals surface area contributed by atoms with Gasteiger partial charge in [0.2, 0.25) is 0 Å². The van der Waals surface area contributed by atoms with Gasteiger partial charge in [0.05, 0.1) is 6.61 Å². The van der Waals surface area contributed by atoms with Crippen molar-refractivity contribution in [1.29, 1.82) is 0 Å². The van der Waals surface area contributed by atoms with Crippen LogP contribution in [0.25, 0.3) is 10.8 Å². The second kappa shape index (κ2) is 6.86. The van der Waals surface area contributed by atoms with Gasteiger partial charge in [0.1, 0.15) is 5.60 Å². The molecule has 2 heterocycles. The highest BCUT2D eigenvalue weighted by molar-refractivity contribution is 6.02. The zero-order chi connectivity index (χ0) is 19.9. The van der Waals surface area contributed by atoms with E-state index in [0.29, 0.717) is 11.1 Å². The molecule has 1 aliphatic heterocycles. The minimum absolute atomic E-state index is 0.0953. The number of aromatic hydroxyl groups is 1. The summed E-state index contributed by atoms with van der Waals surface area (Å²) in [5.41, 5.74) is -0.232. The van der Waals surface area contributed by atoms with Gasteiger partial charge in [-0.3, -0.25) is 4.79 Å². The quantitative estimate of drug-likeness (QED) is 0.784. The SMILES string of the molecule is Cn1cc2ccc(N3CCO[C@H]([C@@H](O)C(=O)OC(C)(C)C)C3=O)cc2c1O. The van der Waals surface area contributed by atoms with Crippen molar-refractivity contribution in [2.45, 2.75) is 38.6 Å². The van der Waals surface area contributed by atoms with Crippen molar-refractivity contribution in [2.75, 3.05) is 18.1 Å². The van der Waals surface area contributed by atoms with Gasteiger partial charge in [0.15, 0.2) is 18.1 Å². The zero-order valence-electron chi connectivity index (χ0n) is 15.8. The molecule has 0 unspecified atom stereocenters. The number of aryl methyl sites for hydroxylation is 1. The number of benzene rings is 1. The first kappa shape index (κ1) is 19.2. The van der Waals surface area contributed by atoms with Gasteiger partial charge in [-0.25, -0.2) is 4.79 Å². The molecule has 27 heavy (non-hydrogen) atoms. The van der Waals surface area contributed by atoms with E-state index in [1.807, 2.05) is 0 Å². The van der Waals surface area contributed by atoms with Crippen molar-refractivity contribution in [2.24, 2.45) is 7.05 Å². The number of aliphatic hydroxyl groups excluding tert-OH is 1. The van der Waals surface area contributed by atoms with E-state index in [4.69, 9.17) is 9.47 Å². The molecule has 0 aliphatic carbocycles. The van der Waals surface area contributed by atoms with E-state index in [1.165, 1.54) is 4.90 Å². The molecule has 8 heteroatoms. The highest BCUT2D eigenvalue weighted by Crippen LogP contribution is 2.31. The number of hydrogen-bond donors (Lipinski definition) is 2. The number of esters is 1. The second-order valence-electron chi connectivity index (χ2n) is 7.59. The number of anilines is 1. The van der Waals surface area contributed by atoms with Crippen LogP contribution in [0.3, 0.4) is 0 Å². The summed E-state index contributed by atoms with van der Waals surface area (Å²) in [6, 6.07) is 5.25. The van der Waals surface area contributed by atoms with Crippen LogP contribution in [0.2, 0.25) is 0 Å². The Bertz CT molecular complexity index is 882. The maximum atomic E-state index is 12.8. The average molecular weight is 376 g/mol. The van der Waals surface area contributed by atoms with Gasteiger partial charge in [-0.1, -0.05) is 6.07 Å². The molecule has 3 rings (SSSR count). The first-order valence-electron chi connectivity index (χ1n) is 8.70. The molecule has 8 nitrogen and oxygen atoms in total. The number of aromatic nitrogens is 1. The lowest BCUT2D eigenvalue weighted by atomic mass is 10.1. The van der Waals surface area contributed by atoms with E-state index in [1.54, 1.807) is 56.8 Å². The molecule has 2 aromatic rings. The number of morpholine rings is 1. The number of aliphatic hydroxyl groups is 1. The highest BCUT2D eigenvalue weighted by atomic mass is 16.6. The number of ether oxygens (including phenoxy) is 2. The van der Waals surface area contributed by atoms with Gasteiger partial charge < -0.3 is 29.2 Å². The van der Waals surface area contributed by atoms with Gasteiger partial charge in [-0.2, -0.15) is 0 Å². The smallest absolute Gasteiger partial charge is 0.338 e. The predicted octanol–water partition coefficient (Wildman–Crippen LogP) is 1.32. The lowest BCUT2D eigenvalue weighted by Crippen LogP contribution is -2.55. The van der Waals surface area contributed by atoms with Crippen molar-refractivity contribution in [1.82, 2.24) is 4.57 Å². The first-order valence-corrected chi connectivity index (χ1v) is 8.70. The number of fused-ring (bicyclic) bond motifs is 1. The van der Waals surface area contributed by atoms with Crippen LogP contribution in [0, 0.1) is 0 Å². The number of carbonyl (C=O) groups is 2. The summed E-state index contributed by atoms with van der Waals surface area (Å²) in [7, 11) is 1.72. The molecule has 1 amide bonds. The average Bonchev–Trinajstić information content (AvgIpc) is 2.87. The Hall–Kier alpha value is -2.58. The topological polar surface area (TPSA) is 101 Å². The molecule has 1 aromatic carbocycles. The van der Waals surface area contributed by atoms with Crippen molar-refractivity contribution in [3.63, 3.8) is 0 Å². The van der Waals surface area contributed by atoms with Gasteiger partial charge >= 0.3 is 5.97 Å². The number of hydrogen-bond acceptors (Lipinski definition) is 6. The highest BCUT2D eigenvalue weighted by Gasteiger charge is 2.41. The summed E-state index contributed by atoms with van der Waals surface area (Å²) in [5, 5.41) is 21.9. The molecule has 2 N–H and O–H groups in total. The number of amides is 1. The van der Waals surface area contributed by atoms with Crippen LogP contribution >= 0.6 is 0 Å². The fraction of sp³-hybridized carbons (Fsp3) is 0.474. The third-order valence-electron chi connectivity index (χ3n) is 4.31. The molecule has 146 valence electrons. The van der Waals surface area contributed by atoms with E-state index < -0.39 is 29.7 Å². The third kappa shape index (κ3) is 3.77. The van der Waals surface area contributed by atoms with Crippen LogP contribution in [0.5, 0.6) is 5.88 Å². The maximum absolute atomic E-state index is 12.8. The molecular weight excluding hydrogens is 352 g/mol. The molecule has 1 saturated heterocycles. The van der Waals surface area contributed by atoms with E-state index in [-0.39, 0.29) is 19.0 Å². The van der Waals surface area contributed by atoms with E-state index in [9.17, 15) is 19.8 Å². The standard InChI is InChI=1S/C19H24N2O6/c1-19(2,3)27-18(25)14(22)15-17(24)21(7-8-26-15)12-6-5-11-10-20(4)16(23)13(11)9-12/h5-6,9-10,14-15,22-23H,7-8H2,1-4H3/t14-,15-/m1/s1. The molecular formula is C19H24N2O6. The van der Waals surface area contributed by atoms with Crippen molar-refractivity contribution < 1.29 is 29.3 Å². The van der Waals surface area contributed by atoms with Gasteiger partial charge in [0.25, 0.3) is 5.91 Å². The number of rotatable bonds is 3. The fourth-order valence-electron chi connectivity index (χ4n) is 3.05. The summed E-state index contributed by atoms with van der Waals surface area (Å²) < 4.78 is 12.1. The van der Waals surface area contributed by atoms with Crippen LogP contribution in [0.4, 0.5) is 5.69 Å². The minimum atomic E-state index is -1.71. The number of nitrogens with zero attached hydrogens (tertiary/aromatic N) is 2. The van der Waals surface area contributed by atoms with Crippen LogP contribution in [-0.2, 0) is 26.1 Å². The molecule has 0 radical (unpaired) electrons. The Kier molecular flexibility index (Phi) is 4.88. The van der Waals surface area contributed by atoms with Crippen molar-refractivity contribution >= 4 is 28.3 Å².